The van der Waals surface area contributed by atoms with Crippen molar-refractivity contribution in [2.45, 2.75) is 58.1 Å². The molecule has 216 valence electrons. The number of carbonyl (C=O) groups is 3. The summed E-state index contributed by atoms with van der Waals surface area (Å²) in [6.45, 7) is 9.45. The highest BCUT2D eigenvalue weighted by Crippen LogP contribution is 2.37. The van der Waals surface area contributed by atoms with Gasteiger partial charge >= 0.3 is 0 Å². The first-order valence-corrected chi connectivity index (χ1v) is 14.4. The van der Waals surface area contributed by atoms with Crippen LogP contribution in [-0.4, -0.2) is 74.3 Å². The summed E-state index contributed by atoms with van der Waals surface area (Å²) < 4.78 is 8.24. The van der Waals surface area contributed by atoms with E-state index in [1.165, 1.54) is 6.08 Å². The van der Waals surface area contributed by atoms with Crippen molar-refractivity contribution >= 4 is 46.3 Å². The molecule has 3 aromatic rings. The Morgan fingerprint density at radius 3 is 2.59 bits per heavy atom. The molecule has 10 nitrogen and oxygen atoms in total. The Morgan fingerprint density at radius 1 is 1.10 bits per heavy atom. The topological polar surface area (TPSA) is 110 Å². The Balaban J connectivity index is 1.50. The minimum Gasteiger partial charge on any atom is -0.490 e. The van der Waals surface area contributed by atoms with Crippen LogP contribution < -0.4 is 10.1 Å². The van der Waals surface area contributed by atoms with Crippen LogP contribution in [0.25, 0.3) is 11.0 Å². The third kappa shape index (κ3) is 6.37. The van der Waals surface area contributed by atoms with E-state index in [2.05, 4.69) is 16.9 Å². The second-order valence-corrected chi connectivity index (χ2v) is 11.1. The second-order valence-electron chi connectivity index (χ2n) is 10.7. The van der Waals surface area contributed by atoms with Crippen molar-refractivity contribution in [3.05, 3.63) is 59.4 Å². The number of aromatic nitrogens is 3. The van der Waals surface area contributed by atoms with E-state index in [-0.39, 0.29) is 29.9 Å². The molecule has 0 unspecified atom stereocenters. The third-order valence-electron chi connectivity index (χ3n) is 7.78. The predicted octanol–water partition coefficient (Wildman–Crippen LogP) is 4.77. The van der Waals surface area contributed by atoms with Crippen LogP contribution in [0.1, 0.15) is 61.1 Å². The molecule has 1 N–H and O–H groups in total. The minimum atomic E-state index is -0.315. The first kappa shape index (κ1) is 28.6. The molecule has 2 fully saturated rings. The molecule has 1 aromatic carbocycles. The standard InChI is InChI=1S/C30H35ClN6O4/c1-4-27(39)36-12-6-5-7-22(18-36)37-28-25(31)16-24(41-23-9-13-35(14-10-23)20(3)38)17-26(28)33-30(37)34-29(40)21-8-11-32-19(2)15-21/h4,8,11,15-17,22-23H,1,5-7,9-10,12-14,18H2,2-3H3,(H,33,34,40)/t22-/m1/s1. The summed E-state index contributed by atoms with van der Waals surface area (Å²) in [5, 5.41) is 3.43. The number of hydrogen-bond acceptors (Lipinski definition) is 6. The van der Waals surface area contributed by atoms with Gasteiger partial charge in [-0.2, -0.15) is 0 Å². The van der Waals surface area contributed by atoms with Crippen LogP contribution in [-0.2, 0) is 9.59 Å². The number of rotatable bonds is 6. The lowest BCUT2D eigenvalue weighted by atomic mass is 10.1. The number of carbonyl (C=O) groups excluding carboxylic acids is 3. The van der Waals surface area contributed by atoms with Gasteiger partial charge < -0.3 is 19.1 Å². The maximum absolute atomic E-state index is 13.3. The highest BCUT2D eigenvalue weighted by molar-refractivity contribution is 6.35. The Kier molecular flexibility index (Phi) is 8.58. The van der Waals surface area contributed by atoms with E-state index >= 15 is 0 Å². The number of hydrogen-bond donors (Lipinski definition) is 1. The Labute approximate surface area is 244 Å². The van der Waals surface area contributed by atoms with Gasteiger partial charge in [0.25, 0.3) is 5.91 Å². The zero-order chi connectivity index (χ0) is 29.1. The van der Waals surface area contributed by atoms with Crippen LogP contribution in [0.15, 0.2) is 43.1 Å². The lowest BCUT2D eigenvalue weighted by molar-refractivity contribution is -0.130. The third-order valence-corrected chi connectivity index (χ3v) is 8.07. The number of piperidine rings is 1. The molecule has 2 aliphatic rings. The normalized spacial score (nSPS) is 18.2. The van der Waals surface area contributed by atoms with Crippen LogP contribution in [0.5, 0.6) is 5.75 Å². The quantitative estimate of drug-likeness (QED) is 0.422. The van der Waals surface area contributed by atoms with Gasteiger partial charge in [-0.1, -0.05) is 18.2 Å². The summed E-state index contributed by atoms with van der Waals surface area (Å²) >= 11 is 6.91. The van der Waals surface area contributed by atoms with E-state index in [9.17, 15) is 14.4 Å². The highest BCUT2D eigenvalue weighted by atomic mass is 35.5. The fourth-order valence-electron chi connectivity index (χ4n) is 5.67. The average molecular weight is 579 g/mol. The average Bonchev–Trinajstić information content (AvgIpc) is 3.13. The van der Waals surface area contributed by atoms with Crippen LogP contribution >= 0.6 is 11.6 Å². The van der Waals surface area contributed by atoms with Crippen LogP contribution in [0.3, 0.4) is 0 Å². The van der Waals surface area contributed by atoms with E-state index in [1.54, 1.807) is 36.2 Å². The fourth-order valence-corrected chi connectivity index (χ4v) is 5.97. The number of likely N-dealkylation sites (tertiary alicyclic amines) is 2. The number of amides is 3. The lowest BCUT2D eigenvalue weighted by Crippen LogP contribution is -2.40. The fraction of sp³-hybridized carbons (Fsp3) is 0.433. The molecule has 0 bridgehead atoms. The number of anilines is 1. The molecule has 2 aromatic heterocycles. The number of nitrogens with one attached hydrogen (secondary N) is 1. The number of aryl methyl sites for hydroxylation is 1. The van der Waals surface area contributed by atoms with Gasteiger partial charge in [0, 0.05) is 75.5 Å². The van der Waals surface area contributed by atoms with Crippen molar-refractivity contribution < 1.29 is 19.1 Å². The molecule has 5 rings (SSSR count). The molecule has 1 atom stereocenters. The van der Waals surface area contributed by atoms with Gasteiger partial charge in [-0.3, -0.25) is 24.7 Å². The molecule has 2 saturated heterocycles. The van der Waals surface area contributed by atoms with E-state index in [4.69, 9.17) is 21.3 Å². The first-order chi connectivity index (χ1) is 19.7. The summed E-state index contributed by atoms with van der Waals surface area (Å²) in [5.41, 5.74) is 2.45. The lowest BCUT2D eigenvalue weighted by Gasteiger charge is -2.31. The summed E-state index contributed by atoms with van der Waals surface area (Å²) in [6, 6.07) is 6.82. The molecule has 3 amide bonds. The first-order valence-electron chi connectivity index (χ1n) is 14.0. The monoisotopic (exact) mass is 578 g/mol. The van der Waals surface area contributed by atoms with Gasteiger partial charge in [-0.05, 0) is 44.4 Å². The minimum absolute atomic E-state index is 0.0457. The highest BCUT2D eigenvalue weighted by Gasteiger charge is 2.29. The number of fused-ring (bicyclic) bond motifs is 1. The van der Waals surface area contributed by atoms with Crippen molar-refractivity contribution in [1.29, 1.82) is 0 Å². The van der Waals surface area contributed by atoms with Crippen LogP contribution in [0, 0.1) is 6.92 Å². The SMILES string of the molecule is C=CC(=O)N1CCCC[C@@H](n2c(NC(=O)c3ccnc(C)c3)nc3cc(OC4CCN(C(C)=O)CC4)cc(Cl)c32)C1. The van der Waals surface area contributed by atoms with Crippen molar-refractivity contribution in [2.75, 3.05) is 31.5 Å². The van der Waals surface area contributed by atoms with E-state index < -0.39 is 0 Å². The number of ether oxygens (including phenoxy) is 1. The molecule has 4 heterocycles. The van der Waals surface area contributed by atoms with Crippen LogP contribution in [0.2, 0.25) is 5.02 Å². The summed E-state index contributed by atoms with van der Waals surface area (Å²) in [5.74, 6) is 0.565. The van der Waals surface area contributed by atoms with E-state index in [1.807, 2.05) is 22.5 Å². The maximum atomic E-state index is 13.3. The maximum Gasteiger partial charge on any atom is 0.258 e. The molecular weight excluding hydrogens is 544 g/mol. The Bertz CT molecular complexity index is 1480. The van der Waals surface area contributed by atoms with Gasteiger partial charge in [0.2, 0.25) is 17.8 Å². The molecular formula is C30H35ClN6O4. The van der Waals surface area contributed by atoms with Gasteiger partial charge in [0.05, 0.1) is 22.1 Å². The molecule has 0 radical (unpaired) electrons. The Morgan fingerprint density at radius 2 is 1.88 bits per heavy atom. The Hall–Kier alpha value is -3.92. The zero-order valence-electron chi connectivity index (χ0n) is 23.4. The van der Waals surface area contributed by atoms with Crippen LogP contribution in [0.4, 0.5) is 5.95 Å². The molecule has 0 spiro atoms. The number of imidazole rings is 1. The van der Waals surface area contributed by atoms with E-state index in [0.717, 1.165) is 37.8 Å². The van der Waals surface area contributed by atoms with Crippen molar-refractivity contribution in [1.82, 2.24) is 24.3 Å². The number of pyridine rings is 1. The van der Waals surface area contributed by atoms with Gasteiger partial charge in [-0.25, -0.2) is 4.98 Å². The molecule has 0 aliphatic carbocycles. The van der Waals surface area contributed by atoms with Crippen molar-refractivity contribution in [3.63, 3.8) is 0 Å². The summed E-state index contributed by atoms with van der Waals surface area (Å²) in [4.78, 5) is 50.2. The number of halogens is 1. The molecule has 2 aliphatic heterocycles. The number of benzene rings is 1. The summed E-state index contributed by atoms with van der Waals surface area (Å²) in [6.07, 6.45) is 6.90. The molecule has 41 heavy (non-hydrogen) atoms. The summed E-state index contributed by atoms with van der Waals surface area (Å²) in [7, 11) is 0. The van der Waals surface area contributed by atoms with Gasteiger partial charge in [-0.15, -0.1) is 0 Å². The second kappa shape index (κ2) is 12.3. The largest absolute Gasteiger partial charge is 0.490 e. The molecule has 11 heteroatoms. The van der Waals surface area contributed by atoms with Gasteiger partial charge in [0.15, 0.2) is 0 Å². The number of nitrogens with zero attached hydrogens (tertiary/aromatic N) is 5. The predicted molar refractivity (Wildman–Crippen MR) is 157 cm³/mol. The smallest absolute Gasteiger partial charge is 0.258 e. The van der Waals surface area contributed by atoms with Gasteiger partial charge in [0.1, 0.15) is 11.9 Å². The molecule has 0 saturated carbocycles. The van der Waals surface area contributed by atoms with Crippen molar-refractivity contribution in [2.24, 2.45) is 0 Å². The van der Waals surface area contributed by atoms with E-state index in [0.29, 0.717) is 59.5 Å². The zero-order valence-corrected chi connectivity index (χ0v) is 24.2. The van der Waals surface area contributed by atoms with Crippen molar-refractivity contribution in [3.8, 4) is 5.75 Å².